The number of rotatable bonds is 5. The maximum absolute atomic E-state index is 12.5. The Hall–Kier alpha value is -2.91. The summed E-state index contributed by atoms with van der Waals surface area (Å²) in [5.74, 6) is -0.184. The lowest BCUT2D eigenvalue weighted by molar-refractivity contribution is -0.115. The molecule has 1 atom stereocenters. The summed E-state index contributed by atoms with van der Waals surface area (Å²) in [4.78, 5) is 32.2. The number of carbonyl (C=O) groups excluding carboxylic acids is 1. The van der Waals surface area contributed by atoms with Crippen LogP contribution in [0.4, 0.5) is 5.69 Å². The van der Waals surface area contributed by atoms with Crippen LogP contribution in [0.1, 0.15) is 6.92 Å². The molecular formula is C20H16BrN5O2S. The van der Waals surface area contributed by atoms with Crippen LogP contribution in [0.5, 0.6) is 0 Å². The number of fused-ring (bicyclic) bond motifs is 1. The highest BCUT2D eigenvalue weighted by atomic mass is 79.9. The zero-order chi connectivity index (χ0) is 20.4. The van der Waals surface area contributed by atoms with Gasteiger partial charge in [0.2, 0.25) is 5.91 Å². The van der Waals surface area contributed by atoms with Gasteiger partial charge in [-0.2, -0.15) is 5.10 Å². The van der Waals surface area contributed by atoms with Crippen molar-refractivity contribution in [1.29, 1.82) is 0 Å². The quantitative estimate of drug-likeness (QED) is 0.340. The minimum Gasteiger partial charge on any atom is -0.325 e. The van der Waals surface area contributed by atoms with Crippen LogP contribution < -0.4 is 10.9 Å². The molecule has 9 heteroatoms. The molecular weight excluding hydrogens is 454 g/mol. The molecule has 146 valence electrons. The first-order valence-electron chi connectivity index (χ1n) is 8.78. The van der Waals surface area contributed by atoms with E-state index in [1.165, 1.54) is 18.0 Å². The van der Waals surface area contributed by atoms with Gasteiger partial charge in [0.1, 0.15) is 5.39 Å². The second-order valence-electron chi connectivity index (χ2n) is 6.26. The SMILES string of the molecule is CC(Sc1nc2c(cnn2-c2ccccc2)c(=O)[nH]1)C(=O)Nc1ccc(Br)cc1. The van der Waals surface area contributed by atoms with Gasteiger partial charge in [0.05, 0.1) is 17.1 Å². The van der Waals surface area contributed by atoms with E-state index >= 15 is 0 Å². The van der Waals surface area contributed by atoms with Gasteiger partial charge in [0.15, 0.2) is 10.8 Å². The van der Waals surface area contributed by atoms with Gasteiger partial charge in [0, 0.05) is 10.2 Å². The molecule has 2 N–H and O–H groups in total. The molecule has 0 spiro atoms. The minimum absolute atomic E-state index is 0.184. The van der Waals surface area contributed by atoms with Crippen LogP contribution in [-0.2, 0) is 4.79 Å². The molecule has 0 bridgehead atoms. The van der Waals surface area contributed by atoms with Crippen molar-refractivity contribution in [3.63, 3.8) is 0 Å². The van der Waals surface area contributed by atoms with Crippen LogP contribution in [-0.4, -0.2) is 30.9 Å². The monoisotopic (exact) mass is 469 g/mol. The van der Waals surface area contributed by atoms with Crippen LogP contribution in [0.15, 0.2) is 75.2 Å². The number of para-hydroxylation sites is 1. The van der Waals surface area contributed by atoms with Crippen LogP contribution in [0.2, 0.25) is 0 Å². The predicted octanol–water partition coefficient (Wildman–Crippen LogP) is 3.99. The molecule has 0 aliphatic heterocycles. The molecule has 1 unspecified atom stereocenters. The number of carbonyl (C=O) groups is 1. The van der Waals surface area contributed by atoms with E-state index in [2.05, 4.69) is 36.3 Å². The number of aromatic nitrogens is 4. The second-order valence-corrected chi connectivity index (χ2v) is 8.50. The maximum Gasteiger partial charge on any atom is 0.262 e. The molecule has 0 aliphatic carbocycles. The smallest absolute Gasteiger partial charge is 0.262 e. The molecule has 0 saturated heterocycles. The van der Waals surface area contributed by atoms with Crippen LogP contribution >= 0.6 is 27.7 Å². The van der Waals surface area contributed by atoms with Crippen LogP contribution in [0.25, 0.3) is 16.7 Å². The third-order valence-electron chi connectivity index (χ3n) is 4.19. The van der Waals surface area contributed by atoms with Crippen molar-refractivity contribution in [2.75, 3.05) is 5.32 Å². The number of hydrogen-bond donors (Lipinski definition) is 2. The third kappa shape index (κ3) is 4.25. The number of benzene rings is 2. The van der Waals surface area contributed by atoms with Crippen molar-refractivity contribution >= 4 is 50.3 Å². The molecule has 7 nitrogen and oxygen atoms in total. The highest BCUT2D eigenvalue weighted by Crippen LogP contribution is 2.23. The summed E-state index contributed by atoms with van der Waals surface area (Å²) in [5.41, 5.74) is 1.66. The Balaban J connectivity index is 1.58. The van der Waals surface area contributed by atoms with E-state index in [1.54, 1.807) is 11.6 Å². The average molecular weight is 470 g/mol. The first kappa shape index (κ1) is 19.4. The highest BCUT2D eigenvalue weighted by molar-refractivity contribution is 9.10. The Labute approximate surface area is 178 Å². The zero-order valence-electron chi connectivity index (χ0n) is 15.3. The number of halogens is 1. The van der Waals surface area contributed by atoms with E-state index in [0.29, 0.717) is 21.9 Å². The van der Waals surface area contributed by atoms with Gasteiger partial charge in [-0.15, -0.1) is 0 Å². The molecule has 0 fully saturated rings. The number of thioether (sulfide) groups is 1. The fraction of sp³-hybridized carbons (Fsp3) is 0.100. The van der Waals surface area contributed by atoms with Crippen molar-refractivity contribution in [3.05, 3.63) is 75.6 Å². The molecule has 29 heavy (non-hydrogen) atoms. The lowest BCUT2D eigenvalue weighted by Crippen LogP contribution is -2.23. The molecule has 0 radical (unpaired) electrons. The number of H-pyrrole nitrogens is 1. The number of nitrogens with one attached hydrogen (secondary N) is 2. The van der Waals surface area contributed by atoms with Crippen molar-refractivity contribution in [2.24, 2.45) is 0 Å². The topological polar surface area (TPSA) is 92.7 Å². The van der Waals surface area contributed by atoms with Gasteiger partial charge in [-0.1, -0.05) is 45.9 Å². The van der Waals surface area contributed by atoms with Gasteiger partial charge < -0.3 is 10.3 Å². The number of amides is 1. The van der Waals surface area contributed by atoms with Crippen LogP contribution in [0, 0.1) is 0 Å². The minimum atomic E-state index is -0.465. The molecule has 4 rings (SSSR count). The normalized spacial score (nSPS) is 12.1. The van der Waals surface area contributed by atoms with E-state index in [1.807, 2.05) is 54.6 Å². The average Bonchev–Trinajstić information content (AvgIpc) is 3.15. The summed E-state index contributed by atoms with van der Waals surface area (Å²) < 4.78 is 2.55. The summed E-state index contributed by atoms with van der Waals surface area (Å²) in [5, 5.41) is 7.43. The van der Waals surface area contributed by atoms with Crippen molar-refractivity contribution < 1.29 is 4.79 Å². The summed E-state index contributed by atoms with van der Waals surface area (Å²) in [6, 6.07) is 16.8. The molecule has 1 amide bonds. The van der Waals surface area contributed by atoms with E-state index in [4.69, 9.17) is 0 Å². The zero-order valence-corrected chi connectivity index (χ0v) is 17.7. The van der Waals surface area contributed by atoms with Gasteiger partial charge in [-0.25, -0.2) is 9.67 Å². The summed E-state index contributed by atoms with van der Waals surface area (Å²) in [7, 11) is 0. The molecule has 2 heterocycles. The van der Waals surface area contributed by atoms with Crippen molar-refractivity contribution in [3.8, 4) is 5.69 Å². The Morgan fingerprint density at radius 1 is 1.17 bits per heavy atom. The van der Waals surface area contributed by atoms with Gasteiger partial charge in [-0.05, 0) is 43.3 Å². The second kappa shape index (κ2) is 8.22. The maximum atomic E-state index is 12.5. The molecule has 2 aromatic heterocycles. The third-order valence-corrected chi connectivity index (χ3v) is 5.70. The Bertz CT molecular complexity index is 1220. The fourth-order valence-electron chi connectivity index (χ4n) is 2.71. The van der Waals surface area contributed by atoms with Gasteiger partial charge >= 0.3 is 0 Å². The van der Waals surface area contributed by atoms with Gasteiger partial charge in [-0.3, -0.25) is 9.59 Å². The Morgan fingerprint density at radius 3 is 2.62 bits per heavy atom. The molecule has 0 saturated carbocycles. The molecule has 2 aromatic carbocycles. The van der Waals surface area contributed by atoms with E-state index < -0.39 is 5.25 Å². The van der Waals surface area contributed by atoms with Crippen molar-refractivity contribution in [1.82, 2.24) is 19.7 Å². The Morgan fingerprint density at radius 2 is 1.90 bits per heavy atom. The number of anilines is 1. The predicted molar refractivity (Wildman–Crippen MR) is 118 cm³/mol. The van der Waals surface area contributed by atoms with Crippen LogP contribution in [0.3, 0.4) is 0 Å². The van der Waals surface area contributed by atoms with E-state index in [-0.39, 0.29) is 11.5 Å². The summed E-state index contributed by atoms with van der Waals surface area (Å²) in [6.07, 6.45) is 1.49. The largest absolute Gasteiger partial charge is 0.325 e. The van der Waals surface area contributed by atoms with E-state index in [0.717, 1.165) is 10.2 Å². The summed E-state index contributed by atoms with van der Waals surface area (Å²) >= 11 is 4.55. The molecule has 0 aliphatic rings. The van der Waals surface area contributed by atoms with Gasteiger partial charge in [0.25, 0.3) is 5.56 Å². The Kier molecular flexibility index (Phi) is 5.50. The molecule has 4 aromatic rings. The lowest BCUT2D eigenvalue weighted by atomic mass is 10.3. The summed E-state index contributed by atoms with van der Waals surface area (Å²) in [6.45, 7) is 1.76. The number of nitrogens with zero attached hydrogens (tertiary/aromatic N) is 3. The first-order valence-corrected chi connectivity index (χ1v) is 10.4. The highest BCUT2D eigenvalue weighted by Gasteiger charge is 2.18. The fourth-order valence-corrected chi connectivity index (χ4v) is 3.77. The van der Waals surface area contributed by atoms with Crippen molar-refractivity contribution in [2.45, 2.75) is 17.3 Å². The number of aromatic amines is 1. The standard InChI is InChI=1S/C20H16BrN5O2S/c1-12(18(27)23-14-9-7-13(21)8-10-14)29-20-24-17-16(19(28)25-20)11-22-26(17)15-5-3-2-4-6-15/h2-12H,1H3,(H,23,27)(H,24,25,28). The number of hydrogen-bond acceptors (Lipinski definition) is 5. The lowest BCUT2D eigenvalue weighted by Gasteiger charge is -2.11. The van der Waals surface area contributed by atoms with E-state index in [9.17, 15) is 9.59 Å². The first-order chi connectivity index (χ1) is 14.0.